The standard InChI is InChI=1S/C25H22ClN7/c1-28-19-8-9-31(14-19)20-6-7-22-18(10-20)13-32-23(25-30-29-15-33(22)25)11-21(24(32)26)17-4-2-16(12-27)3-5-17/h2-7,10-11,15,19,28H,8-9,13-14H2,1H3/t19-/m0/s1. The molecule has 2 aliphatic heterocycles. The molecule has 1 fully saturated rings. The Morgan fingerprint density at radius 2 is 2.00 bits per heavy atom. The van der Waals surface area contributed by atoms with Crippen molar-refractivity contribution >= 4 is 17.3 Å². The lowest BCUT2D eigenvalue weighted by Crippen LogP contribution is -2.29. The third-order valence-corrected chi connectivity index (χ3v) is 7.15. The van der Waals surface area contributed by atoms with Crippen molar-refractivity contribution in [2.24, 2.45) is 0 Å². The van der Waals surface area contributed by atoms with Gasteiger partial charge in [-0.15, -0.1) is 10.2 Å². The van der Waals surface area contributed by atoms with Crippen LogP contribution in [0.1, 0.15) is 17.5 Å². The summed E-state index contributed by atoms with van der Waals surface area (Å²) in [6.45, 7) is 2.69. The third kappa shape index (κ3) is 3.22. The number of hydrogen-bond acceptors (Lipinski definition) is 5. The van der Waals surface area contributed by atoms with Crippen LogP contribution in [0.2, 0.25) is 5.15 Å². The second kappa shape index (κ2) is 7.77. The molecule has 4 heterocycles. The first-order valence-electron chi connectivity index (χ1n) is 11.0. The predicted molar refractivity (Wildman–Crippen MR) is 129 cm³/mol. The highest BCUT2D eigenvalue weighted by atomic mass is 35.5. The van der Waals surface area contributed by atoms with Gasteiger partial charge in [0.2, 0.25) is 0 Å². The van der Waals surface area contributed by atoms with Gasteiger partial charge < -0.3 is 14.8 Å². The number of nitriles is 1. The zero-order valence-electron chi connectivity index (χ0n) is 18.2. The van der Waals surface area contributed by atoms with Crippen LogP contribution in [0.4, 0.5) is 5.69 Å². The topological polar surface area (TPSA) is 74.7 Å². The van der Waals surface area contributed by atoms with Crippen LogP contribution in [0.3, 0.4) is 0 Å². The van der Waals surface area contributed by atoms with Gasteiger partial charge in [0.1, 0.15) is 11.5 Å². The summed E-state index contributed by atoms with van der Waals surface area (Å²) in [7, 11) is 2.03. The molecule has 2 aliphatic rings. The molecule has 164 valence electrons. The SMILES string of the molecule is CN[C@H]1CCN(c2ccc3c(c2)Cn2c(cc(-c4ccc(C#N)cc4)c2Cl)-c2nncn2-3)C1. The summed E-state index contributed by atoms with van der Waals surface area (Å²) in [5, 5.41) is 21.8. The summed E-state index contributed by atoms with van der Waals surface area (Å²) >= 11 is 6.95. The molecule has 1 N–H and O–H groups in total. The van der Waals surface area contributed by atoms with Gasteiger partial charge in [0.25, 0.3) is 0 Å². The predicted octanol–water partition coefficient (Wildman–Crippen LogP) is 4.09. The summed E-state index contributed by atoms with van der Waals surface area (Å²) in [6.07, 6.45) is 2.91. The largest absolute Gasteiger partial charge is 0.370 e. The van der Waals surface area contributed by atoms with E-state index in [1.165, 1.54) is 11.3 Å². The van der Waals surface area contributed by atoms with E-state index in [2.05, 4.69) is 55.3 Å². The summed E-state index contributed by atoms with van der Waals surface area (Å²) in [4.78, 5) is 2.43. The van der Waals surface area contributed by atoms with E-state index in [0.717, 1.165) is 47.8 Å². The molecule has 0 amide bonds. The van der Waals surface area contributed by atoms with Crippen molar-refractivity contribution in [3.63, 3.8) is 0 Å². The number of benzene rings is 2. The van der Waals surface area contributed by atoms with Crippen LogP contribution in [0.5, 0.6) is 0 Å². The van der Waals surface area contributed by atoms with E-state index in [9.17, 15) is 0 Å². The molecule has 0 spiro atoms. The van der Waals surface area contributed by atoms with Crippen molar-refractivity contribution in [2.75, 3.05) is 25.0 Å². The lowest BCUT2D eigenvalue weighted by atomic mass is 10.1. The molecule has 0 radical (unpaired) electrons. The van der Waals surface area contributed by atoms with E-state index in [-0.39, 0.29) is 0 Å². The molecule has 0 bridgehead atoms. The Labute approximate surface area is 196 Å². The maximum atomic E-state index is 9.12. The molecule has 33 heavy (non-hydrogen) atoms. The highest BCUT2D eigenvalue weighted by Crippen LogP contribution is 2.40. The zero-order chi connectivity index (χ0) is 22.5. The Balaban J connectivity index is 1.45. The number of anilines is 1. The lowest BCUT2D eigenvalue weighted by molar-refractivity contribution is 0.617. The van der Waals surface area contributed by atoms with Gasteiger partial charge >= 0.3 is 0 Å². The van der Waals surface area contributed by atoms with Gasteiger partial charge in [0.05, 0.1) is 29.6 Å². The highest BCUT2D eigenvalue weighted by molar-refractivity contribution is 6.32. The molecule has 6 rings (SSSR count). The Hall–Kier alpha value is -3.60. The second-order valence-corrected chi connectivity index (χ2v) is 8.93. The minimum atomic E-state index is 0.522. The molecule has 1 saturated heterocycles. The molecule has 2 aromatic carbocycles. The molecular formula is C25H22ClN7. The summed E-state index contributed by atoms with van der Waals surface area (Å²) < 4.78 is 4.14. The zero-order valence-corrected chi connectivity index (χ0v) is 18.9. The van der Waals surface area contributed by atoms with Crippen LogP contribution in [0.15, 0.2) is 54.9 Å². The average molecular weight is 456 g/mol. The summed E-state index contributed by atoms with van der Waals surface area (Å²) in [5.41, 5.74) is 6.90. The van der Waals surface area contributed by atoms with E-state index in [0.29, 0.717) is 23.3 Å². The van der Waals surface area contributed by atoms with Gasteiger partial charge in [-0.05, 0) is 61.0 Å². The van der Waals surface area contributed by atoms with Crippen molar-refractivity contribution in [3.8, 4) is 34.4 Å². The van der Waals surface area contributed by atoms with E-state index in [1.807, 2.05) is 35.9 Å². The van der Waals surface area contributed by atoms with Gasteiger partial charge in [0.15, 0.2) is 5.82 Å². The first kappa shape index (κ1) is 20.0. The van der Waals surface area contributed by atoms with Crippen LogP contribution in [0, 0.1) is 11.3 Å². The molecule has 2 aromatic heterocycles. The molecule has 4 aromatic rings. The first-order chi connectivity index (χ1) is 16.2. The van der Waals surface area contributed by atoms with Gasteiger partial charge in [-0.3, -0.25) is 4.57 Å². The van der Waals surface area contributed by atoms with E-state index < -0.39 is 0 Å². The minimum Gasteiger partial charge on any atom is -0.370 e. The number of aromatic nitrogens is 4. The van der Waals surface area contributed by atoms with Gasteiger partial charge in [-0.25, -0.2) is 0 Å². The van der Waals surface area contributed by atoms with Crippen molar-refractivity contribution in [1.82, 2.24) is 24.6 Å². The molecule has 0 aliphatic carbocycles. The maximum Gasteiger partial charge on any atom is 0.185 e. The Bertz CT molecular complexity index is 1390. The van der Waals surface area contributed by atoms with Crippen LogP contribution < -0.4 is 10.2 Å². The fraction of sp³-hybridized carbons (Fsp3) is 0.240. The minimum absolute atomic E-state index is 0.522. The molecular weight excluding hydrogens is 434 g/mol. The van der Waals surface area contributed by atoms with Crippen LogP contribution in [-0.4, -0.2) is 45.5 Å². The molecule has 0 saturated carbocycles. The summed E-state index contributed by atoms with van der Waals surface area (Å²) in [6, 6.07) is 18.9. The maximum absolute atomic E-state index is 9.12. The Kier molecular flexibility index (Phi) is 4.72. The van der Waals surface area contributed by atoms with Crippen molar-refractivity contribution in [3.05, 3.63) is 71.1 Å². The molecule has 7 nitrogen and oxygen atoms in total. The first-order valence-corrected chi connectivity index (χ1v) is 11.4. The summed E-state index contributed by atoms with van der Waals surface area (Å²) in [5.74, 6) is 0.764. The second-order valence-electron chi connectivity index (χ2n) is 8.57. The number of hydrogen-bond donors (Lipinski definition) is 1. The number of nitrogens with one attached hydrogen (secondary N) is 1. The van der Waals surface area contributed by atoms with Gasteiger partial charge in [-0.2, -0.15) is 5.26 Å². The van der Waals surface area contributed by atoms with E-state index in [1.54, 1.807) is 6.33 Å². The highest BCUT2D eigenvalue weighted by Gasteiger charge is 2.27. The van der Waals surface area contributed by atoms with E-state index >= 15 is 0 Å². The monoisotopic (exact) mass is 455 g/mol. The lowest BCUT2D eigenvalue weighted by Gasteiger charge is -2.21. The Morgan fingerprint density at radius 1 is 1.15 bits per heavy atom. The number of fused-ring (bicyclic) bond motifs is 5. The van der Waals surface area contributed by atoms with Gasteiger partial charge in [0, 0.05) is 30.4 Å². The van der Waals surface area contributed by atoms with Crippen molar-refractivity contribution < 1.29 is 0 Å². The Morgan fingerprint density at radius 3 is 2.76 bits per heavy atom. The quantitative estimate of drug-likeness (QED) is 0.443. The van der Waals surface area contributed by atoms with Crippen molar-refractivity contribution in [2.45, 2.75) is 19.0 Å². The van der Waals surface area contributed by atoms with E-state index in [4.69, 9.17) is 16.9 Å². The van der Waals surface area contributed by atoms with Crippen LogP contribution in [0.25, 0.3) is 28.3 Å². The van der Waals surface area contributed by atoms with Crippen LogP contribution in [-0.2, 0) is 6.54 Å². The number of likely N-dealkylation sites (N-methyl/N-ethyl adjacent to an activating group) is 1. The molecule has 1 atom stereocenters. The number of rotatable bonds is 3. The molecule has 8 heteroatoms. The third-order valence-electron chi connectivity index (χ3n) is 6.75. The normalized spacial score (nSPS) is 16.6. The fourth-order valence-corrected chi connectivity index (χ4v) is 5.22. The smallest absolute Gasteiger partial charge is 0.185 e. The number of nitrogens with zero attached hydrogens (tertiary/aromatic N) is 6. The van der Waals surface area contributed by atoms with Crippen molar-refractivity contribution in [1.29, 1.82) is 5.26 Å². The average Bonchev–Trinajstić information content (AvgIpc) is 3.57. The van der Waals surface area contributed by atoms with Crippen LogP contribution >= 0.6 is 11.6 Å². The fourth-order valence-electron chi connectivity index (χ4n) is 4.91. The number of halogens is 1. The van der Waals surface area contributed by atoms with Gasteiger partial charge in [-0.1, -0.05) is 23.7 Å². The molecule has 0 unspecified atom stereocenters.